The summed E-state index contributed by atoms with van der Waals surface area (Å²) in [5.74, 6) is -0.580. The number of halogens is 2. The average Bonchev–Trinajstić information content (AvgIpc) is 3.23. The number of aryl methyl sites for hydroxylation is 1. The Balaban J connectivity index is 1.41. The van der Waals surface area contributed by atoms with Gasteiger partial charge in [-0.3, -0.25) is 4.79 Å². The number of nitrogens with zero attached hydrogens (tertiary/aromatic N) is 4. The molecule has 148 valence electrons. The maximum atomic E-state index is 13.1. The highest BCUT2D eigenvalue weighted by Crippen LogP contribution is 2.21. The largest absolute Gasteiger partial charge is 0.351 e. The minimum absolute atomic E-state index is 0.261. The Morgan fingerprint density at radius 1 is 1.21 bits per heavy atom. The van der Waals surface area contributed by atoms with E-state index in [1.807, 2.05) is 35.0 Å². The van der Waals surface area contributed by atoms with E-state index in [-0.39, 0.29) is 16.9 Å². The van der Waals surface area contributed by atoms with Crippen LogP contribution in [0.15, 0.2) is 54.9 Å². The molecule has 0 fully saturated rings. The number of carbonyl (C=O) groups excluding carboxylic acids is 1. The van der Waals surface area contributed by atoms with Gasteiger partial charge in [-0.25, -0.2) is 14.1 Å². The first kappa shape index (κ1) is 19.1. The lowest BCUT2D eigenvalue weighted by molar-refractivity contribution is 0.0953. The van der Waals surface area contributed by atoms with E-state index in [1.54, 1.807) is 23.7 Å². The van der Waals surface area contributed by atoms with Gasteiger partial charge in [-0.05, 0) is 36.8 Å². The van der Waals surface area contributed by atoms with E-state index in [4.69, 9.17) is 11.6 Å². The second kappa shape index (κ2) is 8.05. The van der Waals surface area contributed by atoms with E-state index < -0.39 is 0 Å². The molecule has 0 bridgehead atoms. The summed E-state index contributed by atoms with van der Waals surface area (Å²) in [6.45, 7) is 2.53. The number of nitrogens with one attached hydrogen (secondary N) is 1. The Morgan fingerprint density at radius 3 is 2.76 bits per heavy atom. The molecule has 0 saturated carbocycles. The van der Waals surface area contributed by atoms with Gasteiger partial charge in [-0.15, -0.1) is 0 Å². The molecule has 6 nitrogen and oxygen atoms in total. The molecule has 0 atom stereocenters. The van der Waals surface area contributed by atoms with Gasteiger partial charge in [0.05, 0.1) is 23.5 Å². The number of rotatable bonds is 6. The average molecular weight is 412 g/mol. The lowest BCUT2D eigenvalue weighted by atomic mass is 10.2. The summed E-state index contributed by atoms with van der Waals surface area (Å²) < 4.78 is 16.6. The maximum absolute atomic E-state index is 13.1. The van der Waals surface area contributed by atoms with Crippen LogP contribution in [0.5, 0.6) is 0 Å². The molecule has 0 aliphatic rings. The topological polar surface area (TPSA) is 64.2 Å². The lowest BCUT2D eigenvalue weighted by Gasteiger charge is -2.05. The van der Waals surface area contributed by atoms with Crippen LogP contribution in [0.1, 0.15) is 27.3 Å². The van der Waals surface area contributed by atoms with Gasteiger partial charge < -0.3 is 9.72 Å². The fraction of sp³-hybridized carbons (Fsp3) is 0.190. The molecular weight excluding hydrogens is 393 g/mol. The van der Waals surface area contributed by atoms with Crippen LogP contribution in [-0.4, -0.2) is 31.6 Å². The summed E-state index contributed by atoms with van der Waals surface area (Å²) in [6, 6.07) is 11.9. The summed E-state index contributed by atoms with van der Waals surface area (Å²) in [5, 5.41) is 7.50. The van der Waals surface area contributed by atoms with Crippen molar-refractivity contribution in [2.75, 3.05) is 6.54 Å². The number of amides is 1. The minimum atomic E-state index is -0.304. The number of hydrogen-bond donors (Lipinski definition) is 1. The summed E-state index contributed by atoms with van der Waals surface area (Å²) in [6.07, 6.45) is 4.48. The van der Waals surface area contributed by atoms with Gasteiger partial charge >= 0.3 is 0 Å². The molecule has 1 aromatic carbocycles. The third-order valence-electron chi connectivity index (χ3n) is 4.62. The standard InChI is InChI=1S/C21H19ClFN5O/c1-14-19(20(22)28(26-14)12-15-5-7-16(23)8-6-15)21(29)24-10-9-17-13-27-11-3-2-4-18(27)25-17/h2-8,11,13H,9-10,12H2,1H3,(H,24,29). The van der Waals surface area contributed by atoms with E-state index in [2.05, 4.69) is 15.4 Å². The fourth-order valence-electron chi connectivity index (χ4n) is 3.18. The zero-order valence-electron chi connectivity index (χ0n) is 15.8. The smallest absolute Gasteiger partial charge is 0.256 e. The van der Waals surface area contributed by atoms with Crippen molar-refractivity contribution in [3.63, 3.8) is 0 Å². The Kier molecular flexibility index (Phi) is 5.31. The zero-order valence-corrected chi connectivity index (χ0v) is 16.5. The van der Waals surface area contributed by atoms with Crippen molar-refractivity contribution >= 4 is 23.2 Å². The molecule has 1 N–H and O–H groups in total. The normalized spacial score (nSPS) is 11.1. The van der Waals surface area contributed by atoms with Crippen molar-refractivity contribution in [1.82, 2.24) is 24.5 Å². The molecule has 4 aromatic rings. The monoisotopic (exact) mass is 411 g/mol. The molecular formula is C21H19ClFN5O. The molecule has 1 amide bonds. The van der Waals surface area contributed by atoms with Crippen LogP contribution in [-0.2, 0) is 13.0 Å². The van der Waals surface area contributed by atoms with Crippen LogP contribution in [0.4, 0.5) is 4.39 Å². The van der Waals surface area contributed by atoms with Crippen molar-refractivity contribution in [2.45, 2.75) is 19.9 Å². The fourth-order valence-corrected chi connectivity index (χ4v) is 3.50. The van der Waals surface area contributed by atoms with Crippen molar-refractivity contribution < 1.29 is 9.18 Å². The van der Waals surface area contributed by atoms with Crippen molar-refractivity contribution in [3.8, 4) is 0 Å². The van der Waals surface area contributed by atoms with Crippen molar-refractivity contribution in [2.24, 2.45) is 0 Å². The molecule has 0 saturated heterocycles. The number of benzene rings is 1. The van der Waals surface area contributed by atoms with Crippen LogP contribution < -0.4 is 5.32 Å². The predicted octanol–water partition coefficient (Wildman–Crippen LogP) is 3.65. The molecule has 0 aliphatic carbocycles. The second-order valence-corrected chi connectivity index (χ2v) is 7.10. The highest BCUT2D eigenvalue weighted by atomic mass is 35.5. The van der Waals surface area contributed by atoms with Crippen LogP contribution in [0.25, 0.3) is 5.65 Å². The van der Waals surface area contributed by atoms with Crippen molar-refractivity contribution in [1.29, 1.82) is 0 Å². The summed E-state index contributed by atoms with van der Waals surface area (Å²) in [4.78, 5) is 17.2. The third kappa shape index (κ3) is 4.14. The number of carbonyl (C=O) groups is 1. The van der Waals surface area contributed by atoms with Gasteiger partial charge in [0.25, 0.3) is 5.91 Å². The Hall–Kier alpha value is -3.19. The van der Waals surface area contributed by atoms with Crippen LogP contribution >= 0.6 is 11.6 Å². The molecule has 0 radical (unpaired) electrons. The molecule has 0 spiro atoms. The van der Waals surface area contributed by atoms with Gasteiger partial charge in [0.15, 0.2) is 0 Å². The number of pyridine rings is 1. The van der Waals surface area contributed by atoms with E-state index in [0.717, 1.165) is 16.9 Å². The van der Waals surface area contributed by atoms with E-state index in [0.29, 0.717) is 30.8 Å². The number of fused-ring (bicyclic) bond motifs is 1. The Morgan fingerprint density at radius 2 is 2.00 bits per heavy atom. The molecule has 8 heteroatoms. The summed E-state index contributed by atoms with van der Waals surface area (Å²) in [5.41, 5.74) is 3.50. The molecule has 4 rings (SSSR count). The van der Waals surface area contributed by atoms with Crippen LogP contribution in [0.3, 0.4) is 0 Å². The molecule has 3 aromatic heterocycles. The van der Waals surface area contributed by atoms with Gasteiger partial charge in [-0.2, -0.15) is 5.10 Å². The maximum Gasteiger partial charge on any atom is 0.256 e. The highest BCUT2D eigenvalue weighted by molar-refractivity contribution is 6.33. The third-order valence-corrected chi connectivity index (χ3v) is 5.00. The van der Waals surface area contributed by atoms with Crippen molar-refractivity contribution in [3.05, 3.63) is 88.3 Å². The summed E-state index contributed by atoms with van der Waals surface area (Å²) in [7, 11) is 0. The minimum Gasteiger partial charge on any atom is -0.351 e. The number of imidazole rings is 1. The lowest BCUT2D eigenvalue weighted by Crippen LogP contribution is -2.26. The second-order valence-electron chi connectivity index (χ2n) is 6.74. The first-order chi connectivity index (χ1) is 14.0. The SMILES string of the molecule is Cc1nn(Cc2ccc(F)cc2)c(Cl)c1C(=O)NCCc1cn2ccccc2n1. The first-order valence-electron chi connectivity index (χ1n) is 9.19. The Bertz CT molecular complexity index is 1130. The van der Waals surface area contributed by atoms with E-state index >= 15 is 0 Å². The van der Waals surface area contributed by atoms with Gasteiger partial charge in [-0.1, -0.05) is 29.8 Å². The van der Waals surface area contributed by atoms with Crippen LogP contribution in [0.2, 0.25) is 5.15 Å². The summed E-state index contributed by atoms with van der Waals surface area (Å²) >= 11 is 6.40. The number of hydrogen-bond acceptors (Lipinski definition) is 3. The molecule has 0 aliphatic heterocycles. The quantitative estimate of drug-likeness (QED) is 0.526. The van der Waals surface area contributed by atoms with Gasteiger partial charge in [0.1, 0.15) is 16.6 Å². The van der Waals surface area contributed by atoms with Gasteiger partial charge in [0.2, 0.25) is 0 Å². The van der Waals surface area contributed by atoms with E-state index in [9.17, 15) is 9.18 Å². The van der Waals surface area contributed by atoms with E-state index in [1.165, 1.54) is 12.1 Å². The molecule has 3 heterocycles. The molecule has 29 heavy (non-hydrogen) atoms. The zero-order chi connectivity index (χ0) is 20.4. The first-order valence-corrected chi connectivity index (χ1v) is 9.57. The Labute approximate surface area is 171 Å². The van der Waals surface area contributed by atoms with Gasteiger partial charge in [0, 0.05) is 25.4 Å². The highest BCUT2D eigenvalue weighted by Gasteiger charge is 2.20. The molecule has 0 unspecified atom stereocenters. The predicted molar refractivity (Wildman–Crippen MR) is 109 cm³/mol. The van der Waals surface area contributed by atoms with Crippen LogP contribution in [0, 0.1) is 12.7 Å². The number of aromatic nitrogens is 4.